The van der Waals surface area contributed by atoms with Crippen LogP contribution in [0.25, 0.3) is 0 Å². The van der Waals surface area contributed by atoms with Crippen molar-refractivity contribution in [1.29, 1.82) is 0 Å². The predicted molar refractivity (Wildman–Crippen MR) is 45.4 cm³/mol. The number of hydrogen-bond donors (Lipinski definition) is 1. The topological polar surface area (TPSA) is 38.9 Å². The van der Waals surface area contributed by atoms with Gasteiger partial charge in [0.25, 0.3) is 0 Å². The summed E-state index contributed by atoms with van der Waals surface area (Å²) in [7, 11) is 0. The number of nitrogens with zero attached hydrogens (tertiary/aromatic N) is 1. The van der Waals surface area contributed by atoms with E-state index in [0.29, 0.717) is 10.8 Å². The van der Waals surface area contributed by atoms with Gasteiger partial charge in [-0.25, -0.2) is 4.98 Å². The van der Waals surface area contributed by atoms with Crippen molar-refractivity contribution in [3.63, 3.8) is 0 Å². The number of halogens is 1. The lowest BCUT2D eigenvalue weighted by Gasteiger charge is -2.00. The minimum atomic E-state index is 0.397. The Balaban J connectivity index is 3.14. The maximum absolute atomic E-state index is 5.79. The van der Waals surface area contributed by atoms with E-state index in [1.54, 1.807) is 18.0 Å². The van der Waals surface area contributed by atoms with Crippen LogP contribution in [-0.2, 0) is 0 Å². The van der Waals surface area contributed by atoms with Crippen LogP contribution in [0.3, 0.4) is 0 Å². The van der Waals surface area contributed by atoms with Crippen molar-refractivity contribution in [3.05, 3.63) is 17.3 Å². The third kappa shape index (κ3) is 1.36. The highest BCUT2D eigenvalue weighted by Gasteiger charge is 2.01. The standard InChI is InChI=1S/C6H7ClN2S/c1-10-4-2-3-9-6(8)5(4)7/h2-3H,1H3,(H2,8,9). The first-order valence-corrected chi connectivity index (χ1v) is 4.30. The Hall–Kier alpha value is -0.410. The zero-order chi connectivity index (χ0) is 7.56. The zero-order valence-electron chi connectivity index (χ0n) is 5.47. The summed E-state index contributed by atoms with van der Waals surface area (Å²) < 4.78 is 0. The van der Waals surface area contributed by atoms with Gasteiger partial charge in [0.05, 0.1) is 5.02 Å². The highest BCUT2D eigenvalue weighted by atomic mass is 35.5. The van der Waals surface area contributed by atoms with Gasteiger partial charge in [0.1, 0.15) is 5.82 Å². The quantitative estimate of drug-likeness (QED) is 0.663. The summed E-state index contributed by atoms with van der Waals surface area (Å²) in [6.45, 7) is 0. The fraction of sp³-hybridized carbons (Fsp3) is 0.167. The van der Waals surface area contributed by atoms with Crippen LogP contribution in [0.2, 0.25) is 5.02 Å². The molecule has 0 saturated carbocycles. The molecule has 10 heavy (non-hydrogen) atoms. The number of rotatable bonds is 1. The molecule has 0 unspecified atom stereocenters. The average Bonchev–Trinajstić information content (AvgIpc) is 1.95. The van der Waals surface area contributed by atoms with Gasteiger partial charge in [-0.1, -0.05) is 11.6 Å². The molecule has 0 fully saturated rings. The first kappa shape index (κ1) is 7.69. The Morgan fingerprint density at radius 3 is 2.90 bits per heavy atom. The second kappa shape index (κ2) is 3.12. The van der Waals surface area contributed by atoms with Crippen molar-refractivity contribution in [2.75, 3.05) is 12.0 Å². The minimum absolute atomic E-state index is 0.397. The molecule has 4 heteroatoms. The summed E-state index contributed by atoms with van der Waals surface area (Å²) in [6, 6.07) is 1.84. The molecule has 0 aromatic carbocycles. The molecule has 2 N–H and O–H groups in total. The Morgan fingerprint density at radius 1 is 1.70 bits per heavy atom. The van der Waals surface area contributed by atoms with Crippen molar-refractivity contribution in [2.45, 2.75) is 4.90 Å². The van der Waals surface area contributed by atoms with Gasteiger partial charge >= 0.3 is 0 Å². The summed E-state index contributed by atoms with van der Waals surface area (Å²) in [5.41, 5.74) is 5.44. The van der Waals surface area contributed by atoms with E-state index >= 15 is 0 Å². The van der Waals surface area contributed by atoms with Gasteiger partial charge in [0.2, 0.25) is 0 Å². The number of nitrogen functional groups attached to an aromatic ring is 1. The monoisotopic (exact) mass is 174 g/mol. The van der Waals surface area contributed by atoms with Crippen molar-refractivity contribution < 1.29 is 0 Å². The molecule has 0 aliphatic heterocycles. The second-order valence-electron chi connectivity index (χ2n) is 1.71. The Labute approximate surface area is 68.8 Å². The van der Waals surface area contributed by atoms with Crippen LogP contribution in [0.1, 0.15) is 0 Å². The van der Waals surface area contributed by atoms with Crippen molar-refractivity contribution in [1.82, 2.24) is 4.98 Å². The average molecular weight is 175 g/mol. The lowest BCUT2D eigenvalue weighted by Crippen LogP contribution is -1.90. The summed E-state index contributed by atoms with van der Waals surface area (Å²) >= 11 is 7.34. The molecular formula is C6H7ClN2S. The lowest BCUT2D eigenvalue weighted by molar-refractivity contribution is 1.27. The zero-order valence-corrected chi connectivity index (χ0v) is 7.04. The van der Waals surface area contributed by atoms with E-state index < -0.39 is 0 Å². The Kier molecular flexibility index (Phi) is 2.40. The number of pyridine rings is 1. The van der Waals surface area contributed by atoms with Crippen molar-refractivity contribution in [2.24, 2.45) is 0 Å². The second-order valence-corrected chi connectivity index (χ2v) is 2.94. The summed E-state index contributed by atoms with van der Waals surface area (Å²) in [5.74, 6) is 0.397. The molecule has 1 rings (SSSR count). The maximum Gasteiger partial charge on any atom is 0.143 e. The van der Waals surface area contributed by atoms with E-state index in [-0.39, 0.29) is 0 Å². The van der Waals surface area contributed by atoms with E-state index in [4.69, 9.17) is 17.3 Å². The predicted octanol–water partition coefficient (Wildman–Crippen LogP) is 2.04. The van der Waals surface area contributed by atoms with E-state index in [1.807, 2.05) is 12.3 Å². The third-order valence-electron chi connectivity index (χ3n) is 1.10. The van der Waals surface area contributed by atoms with Gasteiger partial charge in [-0.15, -0.1) is 11.8 Å². The smallest absolute Gasteiger partial charge is 0.143 e. The molecule has 1 aromatic heterocycles. The molecule has 0 saturated heterocycles. The number of nitrogens with two attached hydrogens (primary N) is 1. The SMILES string of the molecule is CSc1ccnc(N)c1Cl. The molecule has 0 radical (unpaired) electrons. The fourth-order valence-electron chi connectivity index (χ4n) is 0.599. The number of anilines is 1. The molecule has 1 heterocycles. The molecule has 0 aliphatic rings. The molecule has 0 bridgehead atoms. The van der Waals surface area contributed by atoms with E-state index in [9.17, 15) is 0 Å². The van der Waals surface area contributed by atoms with Crippen LogP contribution < -0.4 is 5.73 Å². The molecule has 54 valence electrons. The highest BCUT2D eigenvalue weighted by molar-refractivity contribution is 7.98. The minimum Gasteiger partial charge on any atom is -0.382 e. The Morgan fingerprint density at radius 2 is 2.40 bits per heavy atom. The summed E-state index contributed by atoms with van der Waals surface area (Å²) in [4.78, 5) is 4.79. The number of aromatic nitrogens is 1. The van der Waals surface area contributed by atoms with Crippen LogP contribution in [0.4, 0.5) is 5.82 Å². The largest absolute Gasteiger partial charge is 0.382 e. The first-order valence-electron chi connectivity index (χ1n) is 2.69. The third-order valence-corrected chi connectivity index (χ3v) is 2.39. The molecule has 0 spiro atoms. The molecule has 0 atom stereocenters. The van der Waals surface area contributed by atoms with Crippen LogP contribution in [-0.4, -0.2) is 11.2 Å². The van der Waals surface area contributed by atoms with Gasteiger partial charge in [-0.3, -0.25) is 0 Å². The highest BCUT2D eigenvalue weighted by Crippen LogP contribution is 2.27. The molecule has 1 aromatic rings. The lowest BCUT2D eigenvalue weighted by atomic mass is 10.5. The molecular weight excluding hydrogens is 168 g/mol. The van der Waals surface area contributed by atoms with E-state index in [0.717, 1.165) is 4.90 Å². The van der Waals surface area contributed by atoms with Gasteiger partial charge in [-0.2, -0.15) is 0 Å². The normalized spacial score (nSPS) is 9.80. The number of hydrogen-bond acceptors (Lipinski definition) is 3. The van der Waals surface area contributed by atoms with Crippen molar-refractivity contribution >= 4 is 29.2 Å². The fourth-order valence-corrected chi connectivity index (χ4v) is 1.42. The molecule has 0 amide bonds. The van der Waals surface area contributed by atoms with E-state index in [2.05, 4.69) is 4.98 Å². The van der Waals surface area contributed by atoms with Crippen LogP contribution in [0, 0.1) is 0 Å². The van der Waals surface area contributed by atoms with Crippen LogP contribution in [0.5, 0.6) is 0 Å². The summed E-state index contributed by atoms with van der Waals surface area (Å²) in [5, 5.41) is 0.551. The maximum atomic E-state index is 5.79. The number of thioether (sulfide) groups is 1. The first-order chi connectivity index (χ1) is 4.75. The van der Waals surface area contributed by atoms with Crippen LogP contribution in [0.15, 0.2) is 17.2 Å². The molecule has 2 nitrogen and oxygen atoms in total. The van der Waals surface area contributed by atoms with Gasteiger partial charge in [-0.05, 0) is 12.3 Å². The van der Waals surface area contributed by atoms with Crippen LogP contribution >= 0.6 is 23.4 Å². The Bertz CT molecular complexity index is 239. The van der Waals surface area contributed by atoms with E-state index in [1.165, 1.54) is 0 Å². The van der Waals surface area contributed by atoms with Gasteiger partial charge < -0.3 is 5.73 Å². The molecule has 0 aliphatic carbocycles. The van der Waals surface area contributed by atoms with Gasteiger partial charge in [0.15, 0.2) is 0 Å². The van der Waals surface area contributed by atoms with Gasteiger partial charge in [0, 0.05) is 11.1 Å². The van der Waals surface area contributed by atoms with Crippen molar-refractivity contribution in [3.8, 4) is 0 Å². The summed E-state index contributed by atoms with van der Waals surface area (Å²) in [6.07, 6.45) is 3.59.